The number of piperidine rings is 1. The zero-order chi connectivity index (χ0) is 21.5. The molecule has 4 rings (SSSR count). The maximum atomic E-state index is 12.8. The zero-order valence-electron chi connectivity index (χ0n) is 16.0. The highest BCUT2D eigenvalue weighted by molar-refractivity contribution is 6.31. The number of carbonyl (C=O) groups is 1. The molecular weight excluding hydrogens is 427 g/mol. The number of nitrogen functional groups attached to an aromatic ring is 1. The van der Waals surface area contributed by atoms with E-state index in [9.17, 15) is 14.7 Å². The molecule has 3 aromatic rings. The second-order valence-corrected chi connectivity index (χ2v) is 8.46. The van der Waals surface area contributed by atoms with Crippen LogP contribution in [0.2, 0.25) is 10.0 Å². The van der Waals surface area contributed by atoms with Crippen LogP contribution in [0.1, 0.15) is 23.2 Å². The van der Waals surface area contributed by atoms with E-state index in [1.54, 1.807) is 41.3 Å². The molecule has 0 radical (unpaired) electrons. The van der Waals surface area contributed by atoms with Crippen molar-refractivity contribution in [3.8, 4) is 0 Å². The number of nitrogens with two attached hydrogens (primary N) is 1. The topological polar surface area (TPSA) is 101 Å². The van der Waals surface area contributed by atoms with Crippen molar-refractivity contribution >= 4 is 45.7 Å². The minimum absolute atomic E-state index is 0.0997. The van der Waals surface area contributed by atoms with E-state index in [1.165, 1.54) is 10.9 Å². The van der Waals surface area contributed by atoms with Gasteiger partial charge in [-0.25, -0.2) is 4.98 Å². The Hall–Kier alpha value is -2.61. The van der Waals surface area contributed by atoms with Crippen molar-refractivity contribution < 1.29 is 9.90 Å². The van der Waals surface area contributed by atoms with Gasteiger partial charge in [-0.2, -0.15) is 0 Å². The van der Waals surface area contributed by atoms with Crippen LogP contribution in [0.5, 0.6) is 0 Å². The quantitative estimate of drug-likeness (QED) is 0.602. The first kappa shape index (κ1) is 20.7. The molecule has 1 amide bonds. The van der Waals surface area contributed by atoms with Gasteiger partial charge in [-0.1, -0.05) is 23.2 Å². The fourth-order valence-electron chi connectivity index (χ4n) is 3.74. The number of amides is 1. The Morgan fingerprint density at radius 3 is 2.50 bits per heavy atom. The minimum Gasteiger partial charge on any atom is -0.398 e. The lowest BCUT2D eigenvalue weighted by atomic mass is 9.90. The number of fused-ring (bicyclic) bond motifs is 1. The summed E-state index contributed by atoms with van der Waals surface area (Å²) in [4.78, 5) is 31.5. The molecule has 0 unspecified atom stereocenters. The van der Waals surface area contributed by atoms with Crippen LogP contribution in [0, 0.1) is 0 Å². The number of aliphatic hydroxyl groups is 1. The molecule has 7 nitrogen and oxygen atoms in total. The van der Waals surface area contributed by atoms with Gasteiger partial charge in [-0.15, -0.1) is 0 Å². The van der Waals surface area contributed by atoms with Gasteiger partial charge < -0.3 is 15.7 Å². The van der Waals surface area contributed by atoms with Crippen molar-refractivity contribution in [2.75, 3.05) is 18.8 Å². The summed E-state index contributed by atoms with van der Waals surface area (Å²) < 4.78 is 1.41. The zero-order valence-corrected chi connectivity index (χ0v) is 17.5. The Bertz CT molecular complexity index is 1190. The molecule has 0 spiro atoms. The normalized spacial score (nSPS) is 16.0. The average Bonchev–Trinajstić information content (AvgIpc) is 2.70. The largest absolute Gasteiger partial charge is 0.398 e. The van der Waals surface area contributed by atoms with Crippen molar-refractivity contribution in [2.24, 2.45) is 0 Å². The fourth-order valence-corrected chi connectivity index (χ4v) is 4.09. The number of carbonyl (C=O) groups excluding carboxylic acids is 1. The van der Waals surface area contributed by atoms with Crippen molar-refractivity contribution in [3.63, 3.8) is 0 Å². The van der Waals surface area contributed by atoms with E-state index in [1.807, 2.05) is 0 Å². The van der Waals surface area contributed by atoms with Gasteiger partial charge in [0.05, 0.1) is 34.9 Å². The first-order chi connectivity index (χ1) is 14.3. The standard InChI is InChI=1S/C21H20Cl2N4O3/c22-13-1-3-15(17(24)9-13)19(28)26-7-5-21(30,6-8-26)11-27-12-25-18-10-14(23)2-4-16(18)20(27)29/h1-4,9-10,12,30H,5-8,11,24H2. The third kappa shape index (κ3) is 4.01. The van der Waals surface area contributed by atoms with Crippen LogP contribution in [-0.4, -0.2) is 44.2 Å². The van der Waals surface area contributed by atoms with Gasteiger partial charge in [0.25, 0.3) is 11.5 Å². The van der Waals surface area contributed by atoms with Crippen LogP contribution in [0.4, 0.5) is 5.69 Å². The summed E-state index contributed by atoms with van der Waals surface area (Å²) in [5.41, 5.74) is 5.79. The van der Waals surface area contributed by atoms with Crippen LogP contribution in [0.3, 0.4) is 0 Å². The molecule has 30 heavy (non-hydrogen) atoms. The third-order valence-electron chi connectivity index (χ3n) is 5.48. The van der Waals surface area contributed by atoms with Crippen LogP contribution in [0.15, 0.2) is 47.5 Å². The number of nitrogens with zero attached hydrogens (tertiary/aromatic N) is 3. The highest BCUT2D eigenvalue weighted by atomic mass is 35.5. The predicted octanol–water partition coefficient (Wildman–Crippen LogP) is 2.95. The van der Waals surface area contributed by atoms with Crippen molar-refractivity contribution in [1.82, 2.24) is 14.5 Å². The molecule has 1 aromatic heterocycles. The second-order valence-electron chi connectivity index (χ2n) is 7.59. The summed E-state index contributed by atoms with van der Waals surface area (Å²) in [5.74, 6) is -0.201. The van der Waals surface area contributed by atoms with E-state index in [4.69, 9.17) is 28.9 Å². The van der Waals surface area contributed by atoms with E-state index in [0.29, 0.717) is 58.1 Å². The first-order valence-electron chi connectivity index (χ1n) is 9.47. The molecule has 0 aliphatic carbocycles. The molecule has 9 heteroatoms. The van der Waals surface area contributed by atoms with E-state index in [0.717, 1.165) is 0 Å². The Kier molecular flexibility index (Phi) is 5.44. The fraction of sp³-hybridized carbons (Fsp3) is 0.286. The smallest absolute Gasteiger partial charge is 0.261 e. The first-order valence-corrected chi connectivity index (χ1v) is 10.2. The van der Waals surface area contributed by atoms with Gasteiger partial charge in [0.1, 0.15) is 0 Å². The number of likely N-dealkylation sites (tertiary alicyclic amines) is 1. The molecule has 0 atom stereocenters. The Balaban J connectivity index is 1.48. The van der Waals surface area contributed by atoms with E-state index in [-0.39, 0.29) is 18.0 Å². The molecule has 1 aliphatic rings. The summed E-state index contributed by atoms with van der Waals surface area (Å²) in [6, 6.07) is 9.67. The third-order valence-corrected chi connectivity index (χ3v) is 5.95. The Morgan fingerprint density at radius 2 is 1.80 bits per heavy atom. The van der Waals surface area contributed by atoms with Gasteiger partial charge >= 0.3 is 0 Å². The van der Waals surface area contributed by atoms with Gasteiger partial charge in [0.15, 0.2) is 0 Å². The lowest BCUT2D eigenvalue weighted by molar-refractivity contribution is -0.0299. The van der Waals surface area contributed by atoms with Gasteiger partial charge in [0.2, 0.25) is 0 Å². The van der Waals surface area contributed by atoms with E-state index < -0.39 is 5.60 Å². The molecule has 156 valence electrons. The van der Waals surface area contributed by atoms with Crippen LogP contribution in [-0.2, 0) is 6.54 Å². The lowest BCUT2D eigenvalue weighted by Crippen LogP contribution is -2.49. The summed E-state index contributed by atoms with van der Waals surface area (Å²) >= 11 is 11.9. The number of benzene rings is 2. The van der Waals surface area contributed by atoms with E-state index >= 15 is 0 Å². The predicted molar refractivity (Wildman–Crippen MR) is 117 cm³/mol. The number of halogens is 2. The average molecular weight is 447 g/mol. The molecule has 3 N–H and O–H groups in total. The van der Waals surface area contributed by atoms with Gasteiger partial charge in [-0.05, 0) is 49.2 Å². The lowest BCUT2D eigenvalue weighted by Gasteiger charge is -2.38. The van der Waals surface area contributed by atoms with Crippen molar-refractivity contribution in [2.45, 2.75) is 25.0 Å². The number of hydrogen-bond acceptors (Lipinski definition) is 5. The molecule has 1 saturated heterocycles. The summed E-state index contributed by atoms with van der Waals surface area (Å²) in [6.45, 7) is 0.800. The Morgan fingerprint density at radius 1 is 1.13 bits per heavy atom. The highest BCUT2D eigenvalue weighted by Gasteiger charge is 2.35. The molecule has 0 saturated carbocycles. The maximum absolute atomic E-state index is 12.8. The monoisotopic (exact) mass is 446 g/mol. The summed E-state index contributed by atoms with van der Waals surface area (Å²) in [5, 5.41) is 12.4. The highest BCUT2D eigenvalue weighted by Crippen LogP contribution is 2.27. The van der Waals surface area contributed by atoms with Crippen molar-refractivity contribution in [3.05, 3.63) is 68.7 Å². The van der Waals surface area contributed by atoms with Crippen LogP contribution >= 0.6 is 23.2 Å². The molecule has 2 heterocycles. The van der Waals surface area contributed by atoms with Gasteiger partial charge in [0, 0.05) is 28.8 Å². The summed E-state index contributed by atoms with van der Waals surface area (Å²) in [7, 11) is 0. The molecular formula is C21H20Cl2N4O3. The van der Waals surface area contributed by atoms with Crippen LogP contribution < -0.4 is 11.3 Å². The Labute approximate surface area is 182 Å². The molecule has 1 aliphatic heterocycles. The maximum Gasteiger partial charge on any atom is 0.261 e. The number of aromatic nitrogens is 2. The molecule has 0 bridgehead atoms. The van der Waals surface area contributed by atoms with E-state index in [2.05, 4.69) is 4.98 Å². The second kappa shape index (κ2) is 7.91. The van der Waals surface area contributed by atoms with Crippen molar-refractivity contribution in [1.29, 1.82) is 0 Å². The number of hydrogen-bond donors (Lipinski definition) is 2. The minimum atomic E-state index is -1.12. The van der Waals surface area contributed by atoms with Crippen LogP contribution in [0.25, 0.3) is 10.9 Å². The number of rotatable bonds is 3. The SMILES string of the molecule is Nc1cc(Cl)ccc1C(=O)N1CCC(O)(Cn2cnc3cc(Cl)ccc3c2=O)CC1. The number of anilines is 1. The summed E-state index contributed by atoms with van der Waals surface area (Å²) in [6.07, 6.45) is 2.08. The molecule has 1 fully saturated rings. The van der Waals surface area contributed by atoms with Gasteiger partial charge in [-0.3, -0.25) is 14.2 Å². The molecule has 2 aromatic carbocycles.